The number of hydrogen-bond donors (Lipinski definition) is 0. The van der Waals surface area contributed by atoms with Crippen LogP contribution >= 0.6 is 0 Å². The summed E-state index contributed by atoms with van der Waals surface area (Å²) in [5, 5.41) is 3.82. The first-order valence-electron chi connectivity index (χ1n) is 3.79. The quantitative estimate of drug-likeness (QED) is 0.628. The number of hydrogen-bond acceptors (Lipinski definition) is 3. The van der Waals surface area contributed by atoms with Gasteiger partial charge in [-0.25, -0.2) is 9.67 Å². The van der Waals surface area contributed by atoms with E-state index in [0.717, 1.165) is 0 Å². The average molecular weight is 176 g/mol. The summed E-state index contributed by atoms with van der Waals surface area (Å²) in [7, 11) is 1.81. The molecule has 0 aliphatic heterocycles. The SMILES string of the molecule is Cn1cnc(C(=O)n2cccn2)c1. The molecule has 0 saturated heterocycles. The lowest BCUT2D eigenvalue weighted by Gasteiger charge is -1.93. The third-order valence-electron chi connectivity index (χ3n) is 1.64. The van der Waals surface area contributed by atoms with E-state index in [2.05, 4.69) is 10.1 Å². The van der Waals surface area contributed by atoms with Gasteiger partial charge in [-0.1, -0.05) is 0 Å². The topological polar surface area (TPSA) is 52.7 Å². The van der Waals surface area contributed by atoms with E-state index in [1.54, 1.807) is 35.6 Å². The first kappa shape index (κ1) is 7.72. The smallest absolute Gasteiger partial charge is 0.298 e. The minimum atomic E-state index is -0.217. The lowest BCUT2D eigenvalue weighted by atomic mass is 10.4. The van der Waals surface area contributed by atoms with Crippen molar-refractivity contribution in [3.8, 4) is 0 Å². The molecule has 66 valence electrons. The van der Waals surface area contributed by atoms with E-state index in [0.29, 0.717) is 5.69 Å². The van der Waals surface area contributed by atoms with Gasteiger partial charge in [0.1, 0.15) is 5.69 Å². The Kier molecular flexibility index (Phi) is 1.70. The summed E-state index contributed by atoms with van der Waals surface area (Å²) < 4.78 is 2.97. The molecule has 0 aromatic carbocycles. The van der Waals surface area contributed by atoms with Gasteiger partial charge in [0.15, 0.2) is 0 Å². The highest BCUT2D eigenvalue weighted by molar-refractivity contribution is 5.93. The molecular weight excluding hydrogens is 168 g/mol. The highest BCUT2D eigenvalue weighted by atomic mass is 16.2. The number of aromatic nitrogens is 4. The third-order valence-corrected chi connectivity index (χ3v) is 1.64. The molecule has 0 aliphatic carbocycles. The summed E-state index contributed by atoms with van der Waals surface area (Å²) >= 11 is 0. The van der Waals surface area contributed by atoms with Gasteiger partial charge in [0.05, 0.1) is 6.33 Å². The first-order chi connectivity index (χ1) is 6.27. The van der Waals surface area contributed by atoms with E-state index in [4.69, 9.17) is 0 Å². The van der Waals surface area contributed by atoms with Crippen LogP contribution in [-0.2, 0) is 7.05 Å². The molecule has 5 heteroatoms. The van der Waals surface area contributed by atoms with E-state index in [1.165, 1.54) is 4.68 Å². The van der Waals surface area contributed by atoms with Crippen molar-refractivity contribution in [3.63, 3.8) is 0 Å². The van der Waals surface area contributed by atoms with Gasteiger partial charge in [-0.05, 0) is 6.07 Å². The lowest BCUT2D eigenvalue weighted by molar-refractivity contribution is 0.0940. The van der Waals surface area contributed by atoms with Crippen molar-refractivity contribution in [3.05, 3.63) is 36.7 Å². The highest BCUT2D eigenvalue weighted by Gasteiger charge is 2.10. The van der Waals surface area contributed by atoms with Gasteiger partial charge >= 0.3 is 0 Å². The minimum absolute atomic E-state index is 0.217. The standard InChI is InChI=1S/C8H8N4O/c1-11-5-7(9-6-11)8(13)12-4-2-3-10-12/h2-6H,1H3. The predicted octanol–water partition coefficient (Wildman–Crippen LogP) is 0.305. The molecule has 0 radical (unpaired) electrons. The molecule has 0 atom stereocenters. The largest absolute Gasteiger partial charge is 0.340 e. The Morgan fingerprint density at radius 3 is 2.92 bits per heavy atom. The summed E-state index contributed by atoms with van der Waals surface area (Å²) in [6.45, 7) is 0. The molecule has 5 nitrogen and oxygen atoms in total. The van der Waals surface area contributed by atoms with Crippen LogP contribution in [0.3, 0.4) is 0 Å². The Balaban J connectivity index is 2.33. The van der Waals surface area contributed by atoms with Crippen molar-refractivity contribution in [1.82, 2.24) is 19.3 Å². The zero-order chi connectivity index (χ0) is 9.26. The van der Waals surface area contributed by atoms with Gasteiger partial charge in [-0.2, -0.15) is 5.10 Å². The van der Waals surface area contributed by atoms with Crippen LogP contribution in [0.15, 0.2) is 31.0 Å². The summed E-state index contributed by atoms with van der Waals surface area (Å²) in [4.78, 5) is 15.5. The Labute approximate surface area is 74.6 Å². The van der Waals surface area contributed by atoms with Crippen LogP contribution in [0.1, 0.15) is 10.5 Å². The van der Waals surface area contributed by atoms with Crippen molar-refractivity contribution < 1.29 is 4.79 Å². The summed E-state index contributed by atoms with van der Waals surface area (Å²) in [5.41, 5.74) is 0.395. The highest BCUT2D eigenvalue weighted by Crippen LogP contribution is 1.97. The molecule has 2 heterocycles. The van der Waals surface area contributed by atoms with Crippen molar-refractivity contribution >= 4 is 5.91 Å². The summed E-state index contributed by atoms with van der Waals surface area (Å²) in [5.74, 6) is -0.217. The molecular formula is C8H8N4O. The zero-order valence-corrected chi connectivity index (χ0v) is 7.08. The molecule has 2 aromatic heterocycles. The molecule has 0 bridgehead atoms. The van der Waals surface area contributed by atoms with Crippen LogP contribution in [-0.4, -0.2) is 25.2 Å². The second-order valence-electron chi connectivity index (χ2n) is 2.68. The Bertz CT molecular complexity index is 415. The molecule has 2 rings (SSSR count). The van der Waals surface area contributed by atoms with Gasteiger partial charge in [-0.3, -0.25) is 4.79 Å². The van der Waals surface area contributed by atoms with Gasteiger partial charge in [0.25, 0.3) is 5.91 Å². The third kappa shape index (κ3) is 1.35. The predicted molar refractivity (Wildman–Crippen MR) is 45.2 cm³/mol. The van der Waals surface area contributed by atoms with Crippen LogP contribution in [0, 0.1) is 0 Å². The van der Waals surface area contributed by atoms with Crippen molar-refractivity contribution in [2.45, 2.75) is 0 Å². The number of carbonyl (C=O) groups is 1. The van der Waals surface area contributed by atoms with E-state index in [-0.39, 0.29) is 5.91 Å². The van der Waals surface area contributed by atoms with E-state index < -0.39 is 0 Å². The molecule has 0 aliphatic rings. The van der Waals surface area contributed by atoms with Gasteiger partial charge in [0.2, 0.25) is 0 Å². The van der Waals surface area contributed by atoms with E-state index in [9.17, 15) is 4.79 Å². The average Bonchev–Trinajstić information content (AvgIpc) is 2.72. The fraction of sp³-hybridized carbons (Fsp3) is 0.125. The van der Waals surface area contributed by atoms with Gasteiger partial charge in [-0.15, -0.1) is 0 Å². The maximum atomic E-state index is 11.5. The molecule has 0 spiro atoms. The number of carbonyl (C=O) groups excluding carboxylic acids is 1. The second-order valence-corrected chi connectivity index (χ2v) is 2.68. The first-order valence-corrected chi connectivity index (χ1v) is 3.79. The summed E-state index contributed by atoms with van der Waals surface area (Å²) in [6.07, 6.45) is 6.39. The molecule has 0 unspecified atom stereocenters. The number of imidazole rings is 1. The lowest BCUT2D eigenvalue weighted by Crippen LogP contribution is -2.12. The van der Waals surface area contributed by atoms with Gasteiger partial charge in [0, 0.05) is 25.6 Å². The van der Waals surface area contributed by atoms with Crippen molar-refractivity contribution in [2.24, 2.45) is 7.05 Å². The molecule has 2 aromatic rings. The van der Waals surface area contributed by atoms with Gasteiger partial charge < -0.3 is 4.57 Å². The normalized spacial score (nSPS) is 10.2. The van der Waals surface area contributed by atoms with Crippen LogP contribution in [0.25, 0.3) is 0 Å². The fourth-order valence-corrected chi connectivity index (χ4v) is 1.03. The molecule has 0 amide bonds. The molecule has 13 heavy (non-hydrogen) atoms. The number of rotatable bonds is 1. The molecule has 0 fully saturated rings. The zero-order valence-electron chi connectivity index (χ0n) is 7.08. The molecule has 0 N–H and O–H groups in total. The van der Waals surface area contributed by atoms with E-state index >= 15 is 0 Å². The van der Waals surface area contributed by atoms with Crippen molar-refractivity contribution in [2.75, 3.05) is 0 Å². The van der Waals surface area contributed by atoms with Crippen LogP contribution in [0.4, 0.5) is 0 Å². The maximum Gasteiger partial charge on any atom is 0.298 e. The van der Waals surface area contributed by atoms with Crippen LogP contribution in [0.2, 0.25) is 0 Å². The number of aryl methyl sites for hydroxylation is 1. The number of nitrogens with zero attached hydrogens (tertiary/aromatic N) is 4. The van der Waals surface area contributed by atoms with Crippen molar-refractivity contribution in [1.29, 1.82) is 0 Å². The fourth-order valence-electron chi connectivity index (χ4n) is 1.03. The van der Waals surface area contributed by atoms with Crippen LogP contribution in [0.5, 0.6) is 0 Å². The Hall–Kier alpha value is -1.91. The Morgan fingerprint density at radius 1 is 1.54 bits per heavy atom. The maximum absolute atomic E-state index is 11.5. The monoisotopic (exact) mass is 176 g/mol. The van der Waals surface area contributed by atoms with E-state index in [1.807, 2.05) is 7.05 Å². The second kappa shape index (κ2) is 2.85. The minimum Gasteiger partial charge on any atom is -0.340 e. The molecule has 0 saturated carbocycles. The summed E-state index contributed by atoms with van der Waals surface area (Å²) in [6, 6.07) is 1.70. The van der Waals surface area contributed by atoms with Crippen LogP contribution < -0.4 is 0 Å². The Morgan fingerprint density at radius 2 is 2.38 bits per heavy atom.